The number of aryl methyl sites for hydroxylation is 1. The highest BCUT2D eigenvalue weighted by atomic mass is 32.2. The summed E-state index contributed by atoms with van der Waals surface area (Å²) in [7, 11) is -3.77. The highest BCUT2D eigenvalue weighted by Crippen LogP contribution is 2.31. The Bertz CT molecular complexity index is 1150. The molecule has 32 heavy (non-hydrogen) atoms. The number of rotatable bonds is 3. The van der Waals surface area contributed by atoms with Gasteiger partial charge in [-0.25, -0.2) is 31.7 Å². The summed E-state index contributed by atoms with van der Waals surface area (Å²) in [4.78, 5) is 22.5. The van der Waals surface area contributed by atoms with E-state index in [1.165, 1.54) is 30.2 Å². The fraction of sp³-hybridized carbons (Fsp3) is 0.450. The first kappa shape index (κ1) is 22.3. The van der Waals surface area contributed by atoms with E-state index in [2.05, 4.69) is 20.0 Å². The Morgan fingerprint density at radius 1 is 1.38 bits per heavy atom. The SMILES string of the molecule is CCS(=O)(=O)N[C@H]1[C@@H](F)CN2C(=O)NCc3ncc(C)c(n3)Oc3cccc(c3F)C[C@@H]12. The van der Waals surface area contributed by atoms with Crippen molar-refractivity contribution in [2.75, 3.05) is 12.3 Å². The van der Waals surface area contributed by atoms with Crippen molar-refractivity contribution >= 4 is 16.1 Å². The van der Waals surface area contributed by atoms with Crippen molar-refractivity contribution in [3.05, 3.63) is 47.2 Å². The summed E-state index contributed by atoms with van der Waals surface area (Å²) in [5.41, 5.74) is 0.737. The molecule has 0 saturated carbocycles. The zero-order valence-electron chi connectivity index (χ0n) is 17.5. The Balaban J connectivity index is 1.78. The summed E-state index contributed by atoms with van der Waals surface area (Å²) in [6.07, 6.45) is -0.280. The van der Waals surface area contributed by atoms with Gasteiger partial charge in [0.2, 0.25) is 15.9 Å². The Hall–Kier alpha value is -2.86. The van der Waals surface area contributed by atoms with Crippen LogP contribution in [0.5, 0.6) is 11.6 Å². The third-order valence-corrected chi connectivity index (χ3v) is 6.98. The average molecular weight is 467 g/mol. The maximum atomic E-state index is 15.3. The maximum Gasteiger partial charge on any atom is 0.318 e. The molecule has 0 spiro atoms. The number of hydrogen-bond acceptors (Lipinski definition) is 6. The van der Waals surface area contributed by atoms with Crippen LogP contribution in [0.25, 0.3) is 0 Å². The molecular weight excluding hydrogens is 444 g/mol. The molecule has 1 saturated heterocycles. The summed E-state index contributed by atoms with van der Waals surface area (Å²) in [5, 5.41) is 2.63. The van der Waals surface area contributed by atoms with Gasteiger partial charge in [-0.2, -0.15) is 4.98 Å². The molecule has 1 fully saturated rings. The first-order chi connectivity index (χ1) is 15.2. The minimum Gasteiger partial charge on any atom is -0.436 e. The molecule has 1 aromatic carbocycles. The largest absolute Gasteiger partial charge is 0.436 e. The van der Waals surface area contributed by atoms with Gasteiger partial charge in [0, 0.05) is 11.8 Å². The smallest absolute Gasteiger partial charge is 0.318 e. The number of nitrogens with one attached hydrogen (secondary N) is 2. The molecule has 2 N–H and O–H groups in total. The summed E-state index contributed by atoms with van der Waals surface area (Å²) < 4.78 is 62.5. The van der Waals surface area contributed by atoms with Gasteiger partial charge >= 0.3 is 6.03 Å². The molecule has 0 aliphatic carbocycles. The van der Waals surface area contributed by atoms with Crippen LogP contribution in [0.2, 0.25) is 0 Å². The summed E-state index contributed by atoms with van der Waals surface area (Å²) in [6.45, 7) is 2.72. The molecule has 0 radical (unpaired) electrons. The Morgan fingerprint density at radius 2 is 2.16 bits per heavy atom. The number of benzene rings is 1. The zero-order valence-corrected chi connectivity index (χ0v) is 18.3. The number of hydrogen-bond donors (Lipinski definition) is 2. The number of ether oxygens (including phenoxy) is 1. The van der Waals surface area contributed by atoms with E-state index in [0.717, 1.165) is 0 Å². The van der Waals surface area contributed by atoms with E-state index in [4.69, 9.17) is 4.74 Å². The number of carbonyl (C=O) groups is 1. The van der Waals surface area contributed by atoms with Gasteiger partial charge in [0.1, 0.15) is 6.17 Å². The molecule has 0 unspecified atom stereocenters. The van der Waals surface area contributed by atoms with Crippen LogP contribution < -0.4 is 14.8 Å². The summed E-state index contributed by atoms with van der Waals surface area (Å²) in [6, 6.07) is 1.69. The second kappa shape index (κ2) is 8.58. The molecule has 3 heterocycles. The predicted molar refractivity (Wildman–Crippen MR) is 111 cm³/mol. The van der Waals surface area contributed by atoms with Crippen molar-refractivity contribution in [2.24, 2.45) is 0 Å². The number of amides is 2. The van der Waals surface area contributed by atoms with Gasteiger partial charge in [0.05, 0.1) is 30.9 Å². The Morgan fingerprint density at radius 3 is 2.91 bits per heavy atom. The van der Waals surface area contributed by atoms with E-state index in [-0.39, 0.29) is 48.3 Å². The number of carbonyl (C=O) groups excluding carboxylic acids is 1. The Kier molecular flexibility index (Phi) is 5.99. The third kappa shape index (κ3) is 4.37. The van der Waals surface area contributed by atoms with Gasteiger partial charge in [-0.1, -0.05) is 12.1 Å². The van der Waals surface area contributed by atoms with Gasteiger partial charge in [-0.05, 0) is 31.9 Å². The molecule has 2 aromatic rings. The van der Waals surface area contributed by atoms with Crippen LogP contribution >= 0.6 is 0 Å². The lowest BCUT2D eigenvalue weighted by atomic mass is 9.99. The van der Waals surface area contributed by atoms with Crippen LogP contribution in [0.4, 0.5) is 13.6 Å². The van der Waals surface area contributed by atoms with Crippen molar-refractivity contribution in [3.63, 3.8) is 0 Å². The fourth-order valence-corrected chi connectivity index (χ4v) is 4.70. The molecule has 4 bridgehead atoms. The van der Waals surface area contributed by atoms with Gasteiger partial charge in [0.15, 0.2) is 17.4 Å². The molecule has 3 atom stereocenters. The van der Waals surface area contributed by atoms with Crippen LogP contribution in [0.3, 0.4) is 0 Å². The second-order valence-corrected chi connectivity index (χ2v) is 9.79. The molecule has 172 valence electrons. The van der Waals surface area contributed by atoms with Crippen molar-refractivity contribution < 1.29 is 26.7 Å². The summed E-state index contributed by atoms with van der Waals surface area (Å²) >= 11 is 0. The maximum absolute atomic E-state index is 15.3. The standard InChI is InChI=1S/C20H23F2N5O4S/c1-3-32(29,30)26-18-13(21)10-27-14(18)7-12-5-4-6-15(17(12)22)31-19-11(2)8-23-16(25-19)9-24-20(27)28/h4-6,8,13-14,18,26H,3,7,9-10H2,1-2H3,(H,24,28)/t13-,14-,18-/m0/s1. The second-order valence-electron chi connectivity index (χ2n) is 7.75. The molecular formula is C20H23F2N5O4S. The molecule has 9 nitrogen and oxygen atoms in total. The average Bonchev–Trinajstić information content (AvgIpc) is 3.05. The number of aromatic nitrogens is 2. The number of fused-ring (bicyclic) bond motifs is 5. The van der Waals surface area contributed by atoms with Crippen LogP contribution in [0, 0.1) is 12.7 Å². The molecule has 1 aromatic heterocycles. The Labute approximate surface area is 184 Å². The highest BCUT2D eigenvalue weighted by Gasteiger charge is 2.46. The highest BCUT2D eigenvalue weighted by molar-refractivity contribution is 7.89. The zero-order chi connectivity index (χ0) is 23.0. The van der Waals surface area contributed by atoms with E-state index < -0.39 is 40.1 Å². The van der Waals surface area contributed by atoms with E-state index in [1.54, 1.807) is 13.0 Å². The number of urea groups is 1. The normalized spacial score (nSPS) is 23.3. The molecule has 12 heteroatoms. The molecule has 2 aliphatic heterocycles. The van der Waals surface area contributed by atoms with Crippen molar-refractivity contribution in [1.29, 1.82) is 0 Å². The van der Waals surface area contributed by atoms with Crippen LogP contribution in [-0.2, 0) is 23.0 Å². The predicted octanol–water partition coefficient (Wildman–Crippen LogP) is 1.81. The van der Waals surface area contributed by atoms with E-state index in [9.17, 15) is 17.6 Å². The lowest BCUT2D eigenvalue weighted by Crippen LogP contribution is -2.51. The van der Waals surface area contributed by atoms with Gasteiger partial charge in [0.25, 0.3) is 0 Å². The number of nitrogens with zero attached hydrogens (tertiary/aromatic N) is 3. The van der Waals surface area contributed by atoms with Crippen molar-refractivity contribution in [1.82, 2.24) is 24.9 Å². The van der Waals surface area contributed by atoms with Gasteiger partial charge in [-0.3, -0.25) is 0 Å². The van der Waals surface area contributed by atoms with Crippen LogP contribution in [-0.4, -0.2) is 59.9 Å². The van der Waals surface area contributed by atoms with Crippen LogP contribution in [0.15, 0.2) is 24.4 Å². The topological polar surface area (TPSA) is 114 Å². The first-order valence-corrected chi connectivity index (χ1v) is 11.8. The summed E-state index contributed by atoms with van der Waals surface area (Å²) in [5.74, 6) is -0.645. The van der Waals surface area contributed by atoms with Crippen LogP contribution in [0.1, 0.15) is 23.9 Å². The quantitative estimate of drug-likeness (QED) is 0.712. The number of alkyl halides is 1. The van der Waals surface area contributed by atoms with Gasteiger partial charge in [-0.15, -0.1) is 0 Å². The third-order valence-electron chi connectivity index (χ3n) is 5.58. The van der Waals surface area contributed by atoms with E-state index in [1.807, 2.05) is 0 Å². The minimum absolute atomic E-state index is 0.0684. The first-order valence-electron chi connectivity index (χ1n) is 10.1. The molecule has 2 amide bonds. The minimum atomic E-state index is -3.77. The lowest BCUT2D eigenvalue weighted by molar-refractivity contribution is 0.187. The lowest BCUT2D eigenvalue weighted by Gasteiger charge is -2.28. The van der Waals surface area contributed by atoms with E-state index in [0.29, 0.717) is 5.56 Å². The molecule has 4 rings (SSSR count). The fourth-order valence-electron chi connectivity index (χ4n) is 3.81. The number of sulfonamides is 1. The monoisotopic (exact) mass is 467 g/mol. The van der Waals surface area contributed by atoms with Gasteiger partial charge < -0.3 is 15.0 Å². The molecule has 2 aliphatic rings. The van der Waals surface area contributed by atoms with Crippen molar-refractivity contribution in [2.45, 2.75) is 45.1 Å². The van der Waals surface area contributed by atoms with E-state index >= 15 is 4.39 Å². The van der Waals surface area contributed by atoms with Crippen molar-refractivity contribution in [3.8, 4) is 11.6 Å². The number of halogens is 2.